The Morgan fingerprint density at radius 1 is 0.690 bits per heavy atom. The molecule has 3 rings (SSSR count). The molecule has 1 unspecified atom stereocenters. The zero-order valence-electron chi connectivity index (χ0n) is 24.5. The summed E-state index contributed by atoms with van der Waals surface area (Å²) in [7, 11) is 4.51. The van der Waals surface area contributed by atoms with Crippen LogP contribution in [0.4, 0.5) is 0 Å². The van der Waals surface area contributed by atoms with E-state index in [9.17, 15) is 24.0 Å². The molecule has 0 heterocycles. The van der Waals surface area contributed by atoms with Crippen molar-refractivity contribution < 1.29 is 42.9 Å². The molecular weight excluding hydrogens is 542 g/mol. The van der Waals surface area contributed by atoms with Crippen molar-refractivity contribution in [3.8, 4) is 11.5 Å². The number of benzene rings is 3. The smallest absolute Gasteiger partial charge is 0.337 e. The minimum atomic E-state index is -0.966. The fourth-order valence-electron chi connectivity index (χ4n) is 3.18. The summed E-state index contributed by atoms with van der Waals surface area (Å²) < 4.78 is 19.4. The zero-order chi connectivity index (χ0) is 31.3. The lowest BCUT2D eigenvalue weighted by molar-refractivity contribution is -0.139. The van der Waals surface area contributed by atoms with Gasteiger partial charge < -0.3 is 29.1 Å². The Bertz CT molecular complexity index is 1230. The van der Waals surface area contributed by atoms with Gasteiger partial charge in [0.15, 0.2) is 0 Å². The number of hydrogen-bond acceptors (Lipinski definition) is 9. The Labute approximate surface area is 245 Å². The third-order valence-corrected chi connectivity index (χ3v) is 5.10. The summed E-state index contributed by atoms with van der Waals surface area (Å²) in [6.45, 7) is 2.69. The van der Waals surface area contributed by atoms with Gasteiger partial charge in [-0.1, -0.05) is 48.5 Å². The van der Waals surface area contributed by atoms with E-state index in [2.05, 4.69) is 14.8 Å². The van der Waals surface area contributed by atoms with Gasteiger partial charge in [-0.2, -0.15) is 0 Å². The first kappa shape index (κ1) is 35.2. The van der Waals surface area contributed by atoms with Crippen molar-refractivity contribution in [3.63, 3.8) is 0 Å². The molecule has 1 amide bonds. The molecule has 0 saturated carbocycles. The number of ketones is 1. The van der Waals surface area contributed by atoms with E-state index in [0.717, 1.165) is 0 Å². The molecule has 0 fully saturated rings. The van der Waals surface area contributed by atoms with Gasteiger partial charge in [-0.15, -0.1) is 0 Å². The van der Waals surface area contributed by atoms with Crippen LogP contribution in [0.3, 0.4) is 0 Å². The van der Waals surface area contributed by atoms with Crippen LogP contribution in [0.5, 0.6) is 11.5 Å². The highest BCUT2D eigenvalue weighted by Gasteiger charge is 2.22. The lowest BCUT2D eigenvalue weighted by atomic mass is 10.1. The number of rotatable bonds is 10. The number of amides is 1. The summed E-state index contributed by atoms with van der Waals surface area (Å²) in [5, 5.41) is 2.56. The molecule has 1 N–H and O–H groups in total. The first-order valence-corrected chi connectivity index (χ1v) is 13.0. The second kappa shape index (κ2) is 20.1. The molecule has 10 heteroatoms. The number of nitrogens with one attached hydrogen (secondary N) is 1. The van der Waals surface area contributed by atoms with Crippen LogP contribution >= 0.6 is 0 Å². The van der Waals surface area contributed by atoms with Gasteiger partial charge in [-0.25, -0.2) is 9.59 Å². The van der Waals surface area contributed by atoms with Crippen molar-refractivity contribution in [2.75, 3.05) is 21.3 Å². The molecule has 3 aromatic carbocycles. The highest BCUT2D eigenvalue weighted by atomic mass is 16.5. The summed E-state index contributed by atoms with van der Waals surface area (Å²) >= 11 is 0. The van der Waals surface area contributed by atoms with E-state index in [4.69, 9.17) is 9.47 Å². The van der Waals surface area contributed by atoms with Crippen LogP contribution in [0.1, 0.15) is 42.6 Å². The van der Waals surface area contributed by atoms with Gasteiger partial charge in [0, 0.05) is 34.0 Å². The number of Topliss-reactive ketones (excluding diaryl/α,β-unsaturated/α-hetero) is 1. The number of esters is 3. The molecule has 224 valence electrons. The molecule has 0 aliphatic rings. The normalized spacial score (nSPS) is 10.3. The van der Waals surface area contributed by atoms with Gasteiger partial charge in [-0.05, 0) is 48.9 Å². The van der Waals surface area contributed by atoms with E-state index >= 15 is 0 Å². The average Bonchev–Trinajstić information content (AvgIpc) is 2.98. The van der Waals surface area contributed by atoms with Gasteiger partial charge in [0.2, 0.25) is 5.91 Å². The Morgan fingerprint density at radius 3 is 1.62 bits per heavy atom. The van der Waals surface area contributed by atoms with Crippen molar-refractivity contribution in [3.05, 3.63) is 96.1 Å². The molecule has 42 heavy (non-hydrogen) atoms. The maximum absolute atomic E-state index is 12.6. The van der Waals surface area contributed by atoms with E-state index in [0.29, 0.717) is 16.9 Å². The summed E-state index contributed by atoms with van der Waals surface area (Å²) in [6, 6.07) is 23.3. The minimum absolute atomic E-state index is 0.00581. The maximum atomic E-state index is 12.6. The van der Waals surface area contributed by atoms with Crippen LogP contribution in [0, 0.1) is 0 Å². The van der Waals surface area contributed by atoms with Crippen molar-refractivity contribution in [2.24, 2.45) is 0 Å². The van der Waals surface area contributed by atoms with E-state index in [1.54, 1.807) is 38.5 Å². The summed E-state index contributed by atoms with van der Waals surface area (Å²) in [5.74, 6) is -1.72. The highest BCUT2D eigenvalue weighted by Crippen LogP contribution is 2.17. The van der Waals surface area contributed by atoms with Crippen molar-refractivity contribution in [1.29, 1.82) is 0 Å². The van der Waals surface area contributed by atoms with Crippen LogP contribution in [0.25, 0.3) is 0 Å². The van der Waals surface area contributed by atoms with E-state index in [1.807, 2.05) is 36.4 Å². The molecule has 3 aromatic rings. The second-order valence-electron chi connectivity index (χ2n) is 8.78. The average molecular weight is 580 g/mol. The number of ether oxygens (including phenoxy) is 4. The van der Waals surface area contributed by atoms with E-state index in [1.165, 1.54) is 45.2 Å². The minimum Gasteiger partial charge on any atom is -0.465 e. The van der Waals surface area contributed by atoms with Crippen LogP contribution in [0.15, 0.2) is 84.9 Å². The summed E-state index contributed by atoms with van der Waals surface area (Å²) in [5.41, 5.74) is 0.994. The highest BCUT2D eigenvalue weighted by molar-refractivity contribution is 5.89. The van der Waals surface area contributed by atoms with Crippen LogP contribution in [-0.4, -0.2) is 57.0 Å². The van der Waals surface area contributed by atoms with Crippen LogP contribution < -0.4 is 14.8 Å². The molecule has 1 atom stereocenters. The molecule has 0 saturated heterocycles. The number of methoxy groups -OCH3 is 2. The van der Waals surface area contributed by atoms with Crippen LogP contribution in [-0.2, 0) is 35.1 Å². The second-order valence-corrected chi connectivity index (χ2v) is 8.78. The van der Waals surface area contributed by atoms with Crippen molar-refractivity contribution in [1.82, 2.24) is 5.32 Å². The van der Waals surface area contributed by atoms with Crippen molar-refractivity contribution >= 4 is 29.6 Å². The van der Waals surface area contributed by atoms with Gasteiger partial charge in [0.05, 0.1) is 19.1 Å². The topological polar surface area (TPSA) is 134 Å². The van der Waals surface area contributed by atoms with E-state index < -0.39 is 29.9 Å². The first-order chi connectivity index (χ1) is 20.1. The monoisotopic (exact) mass is 579 g/mol. The van der Waals surface area contributed by atoms with Gasteiger partial charge in [0.25, 0.3) is 0 Å². The lowest BCUT2D eigenvalue weighted by Crippen LogP contribution is -2.43. The van der Waals surface area contributed by atoms with E-state index in [-0.39, 0.29) is 30.8 Å². The summed E-state index contributed by atoms with van der Waals surface area (Å²) in [6.07, 6.45) is 0.244. The quantitative estimate of drug-likeness (QED) is 0.275. The van der Waals surface area contributed by atoms with Gasteiger partial charge >= 0.3 is 17.9 Å². The molecule has 0 bridgehead atoms. The predicted molar refractivity (Wildman–Crippen MR) is 156 cm³/mol. The Hall–Kier alpha value is -4.83. The summed E-state index contributed by atoms with van der Waals surface area (Å²) in [4.78, 5) is 58.4. The maximum Gasteiger partial charge on any atom is 0.337 e. The molecular formula is C32H37NO9. The molecule has 0 aliphatic heterocycles. The first-order valence-electron chi connectivity index (χ1n) is 13.0. The number of hydrogen-bond donors (Lipinski definition) is 1. The number of carbonyl (C=O) groups is 5. The van der Waals surface area contributed by atoms with Crippen molar-refractivity contribution in [2.45, 2.75) is 39.2 Å². The van der Waals surface area contributed by atoms with Gasteiger partial charge in [0.1, 0.15) is 23.3 Å². The SMILES string of the molecule is COC.COC(=O)c1ccc(OC(=O)C(Cc2ccc(OC(=O)CCC(C)=O)cc2)NC(C)=O)cc1.c1ccccc1. The molecule has 10 nitrogen and oxygen atoms in total. The van der Waals surface area contributed by atoms with Crippen LogP contribution in [0.2, 0.25) is 0 Å². The third kappa shape index (κ3) is 15.1. The fraction of sp³-hybridized carbons (Fsp3) is 0.281. The number of carbonyl (C=O) groups excluding carboxylic acids is 5. The zero-order valence-corrected chi connectivity index (χ0v) is 24.5. The molecule has 0 aliphatic carbocycles. The molecule has 0 aromatic heterocycles. The largest absolute Gasteiger partial charge is 0.465 e. The standard InChI is InChI=1S/C24H25NO8.C6H6.C2H6O/c1-15(26)4-13-22(28)32-19-9-5-17(6-10-19)14-21(25-16(2)27)24(30)33-20-11-7-18(8-12-20)23(29)31-3;1-2-4-6-5-3-1;1-3-2/h5-12,21H,4,13-14H2,1-3H3,(H,25,27);1-6H;1-2H3. The Balaban J connectivity index is 0.000000839. The van der Waals surface area contributed by atoms with Gasteiger partial charge in [-0.3, -0.25) is 9.59 Å². The molecule has 0 spiro atoms. The fourth-order valence-corrected chi connectivity index (χ4v) is 3.18. The third-order valence-electron chi connectivity index (χ3n) is 5.10. The predicted octanol–water partition coefficient (Wildman–Crippen LogP) is 4.35. The molecule has 0 radical (unpaired) electrons. The Kier molecular flexibility index (Phi) is 16.9. The Morgan fingerprint density at radius 2 is 1.17 bits per heavy atom. The lowest BCUT2D eigenvalue weighted by Gasteiger charge is -2.17.